The minimum absolute atomic E-state index is 0.238. The van der Waals surface area contributed by atoms with Crippen LogP contribution < -0.4 is 10.6 Å². The van der Waals surface area contributed by atoms with Crippen LogP contribution in [0.15, 0.2) is 70.8 Å². The predicted molar refractivity (Wildman–Crippen MR) is 178 cm³/mol. The molecule has 0 saturated heterocycles. The Morgan fingerprint density at radius 3 is 2.49 bits per heavy atom. The zero-order valence-electron chi connectivity index (χ0n) is 26.1. The Hall–Kier alpha value is -4.46. The van der Waals surface area contributed by atoms with Crippen molar-refractivity contribution in [2.45, 2.75) is 66.6 Å². The fourth-order valence-corrected chi connectivity index (χ4v) is 5.13. The zero-order chi connectivity index (χ0) is 30.8. The smallest absolute Gasteiger partial charge is 0.217 e. The molecule has 0 spiro atoms. The number of nitrogens with zero attached hydrogens (tertiary/aromatic N) is 5. The molecule has 224 valence electrons. The Bertz CT molecular complexity index is 1600. The van der Waals surface area contributed by atoms with Crippen LogP contribution in [-0.4, -0.2) is 52.8 Å². The minimum Gasteiger partial charge on any atom is -0.344 e. The van der Waals surface area contributed by atoms with Gasteiger partial charge in [-0.2, -0.15) is 0 Å². The van der Waals surface area contributed by atoms with Gasteiger partial charge in [0, 0.05) is 34.8 Å². The van der Waals surface area contributed by atoms with E-state index >= 15 is 0 Å². The third-order valence-electron chi connectivity index (χ3n) is 7.61. The largest absolute Gasteiger partial charge is 0.344 e. The van der Waals surface area contributed by atoms with Gasteiger partial charge < -0.3 is 10.6 Å². The van der Waals surface area contributed by atoms with E-state index in [1.54, 1.807) is 18.9 Å². The van der Waals surface area contributed by atoms with E-state index in [2.05, 4.69) is 88.4 Å². The van der Waals surface area contributed by atoms with Gasteiger partial charge in [-0.05, 0) is 85.8 Å². The molecule has 0 fully saturated rings. The third-order valence-corrected chi connectivity index (χ3v) is 7.61. The van der Waals surface area contributed by atoms with E-state index in [0.717, 1.165) is 65.0 Å². The SMILES string of the molecule is CC.CCC(C)c1cc(CC[N+](=Cc2cc(NC3N=CNC=N3)c3ncccc3c2)CC)nc(-c2ccc(F)cc2)c1C. The standard InChI is InChI=1S/C33H37FN7.C2H6/c1-5-22(3)29-18-28(39-31(23(29)4)25-9-11-27(34)12-10-25)13-15-41(6-2)19-24-16-26-8-7-14-36-32(26)30(17-24)40-33-37-20-35-21-38-33;1-2/h7-12,14,16-22,33,40H,5-6,13,15H2,1-4H3,(H,35,37,38);1-2H3/q+1;. The summed E-state index contributed by atoms with van der Waals surface area (Å²) in [7, 11) is 0. The van der Waals surface area contributed by atoms with E-state index in [1.165, 1.54) is 23.3 Å². The molecule has 2 N–H and O–H groups in total. The summed E-state index contributed by atoms with van der Waals surface area (Å²) in [6, 6.07) is 17.2. The number of likely N-dealkylation sites (N-methyl/N-ethyl adjacent to an activating group) is 1. The summed E-state index contributed by atoms with van der Waals surface area (Å²) in [5.74, 6) is 0.174. The number of nitrogens with one attached hydrogen (secondary N) is 2. The van der Waals surface area contributed by atoms with E-state index in [0.29, 0.717) is 5.92 Å². The normalized spacial score (nSPS) is 13.8. The molecule has 43 heavy (non-hydrogen) atoms. The molecule has 1 atom stereocenters. The van der Waals surface area contributed by atoms with Gasteiger partial charge in [0.15, 0.2) is 6.21 Å². The Morgan fingerprint density at radius 1 is 1.05 bits per heavy atom. The minimum atomic E-state index is -0.401. The Labute approximate surface area is 254 Å². The first-order valence-corrected chi connectivity index (χ1v) is 15.2. The maximum Gasteiger partial charge on any atom is 0.217 e. The molecule has 0 saturated carbocycles. The van der Waals surface area contributed by atoms with Gasteiger partial charge in [0.2, 0.25) is 6.29 Å². The van der Waals surface area contributed by atoms with Gasteiger partial charge in [0.05, 0.1) is 29.6 Å². The number of aromatic nitrogens is 2. The molecule has 2 aromatic carbocycles. The highest BCUT2D eigenvalue weighted by Crippen LogP contribution is 2.31. The van der Waals surface area contributed by atoms with Gasteiger partial charge in [0.25, 0.3) is 0 Å². The first kappa shape index (κ1) is 31.5. The van der Waals surface area contributed by atoms with Crippen LogP contribution in [0.2, 0.25) is 0 Å². The molecule has 1 unspecified atom stereocenters. The summed E-state index contributed by atoms with van der Waals surface area (Å²) >= 11 is 0. The van der Waals surface area contributed by atoms with Crippen molar-refractivity contribution < 1.29 is 8.97 Å². The lowest BCUT2D eigenvalue weighted by molar-refractivity contribution is -0.518. The molecule has 0 aliphatic carbocycles. The molecule has 1 aliphatic rings. The fourth-order valence-electron chi connectivity index (χ4n) is 5.13. The highest BCUT2D eigenvalue weighted by molar-refractivity contribution is 5.96. The number of halogens is 1. The van der Waals surface area contributed by atoms with Crippen LogP contribution in [-0.2, 0) is 6.42 Å². The van der Waals surface area contributed by atoms with Gasteiger partial charge in [-0.1, -0.05) is 33.8 Å². The maximum atomic E-state index is 13.6. The van der Waals surface area contributed by atoms with E-state index in [-0.39, 0.29) is 5.82 Å². The molecule has 2 aromatic heterocycles. The highest BCUT2D eigenvalue weighted by atomic mass is 19.1. The van der Waals surface area contributed by atoms with Gasteiger partial charge in [0.1, 0.15) is 18.9 Å². The molecule has 0 radical (unpaired) electrons. The van der Waals surface area contributed by atoms with Crippen molar-refractivity contribution in [3.05, 3.63) is 89.0 Å². The van der Waals surface area contributed by atoms with Gasteiger partial charge in [-0.15, -0.1) is 0 Å². The van der Waals surface area contributed by atoms with Crippen LogP contribution in [0.4, 0.5) is 10.1 Å². The lowest BCUT2D eigenvalue weighted by atomic mass is 9.91. The van der Waals surface area contributed by atoms with Crippen molar-refractivity contribution in [3.63, 3.8) is 0 Å². The maximum absolute atomic E-state index is 13.6. The Morgan fingerprint density at radius 2 is 1.79 bits per heavy atom. The second kappa shape index (κ2) is 15.1. The Kier molecular flexibility index (Phi) is 11.1. The molecule has 0 bridgehead atoms. The molecule has 8 heteroatoms. The number of aliphatic imine (C=N–C) groups is 2. The lowest BCUT2D eigenvalue weighted by Gasteiger charge is -2.18. The van der Waals surface area contributed by atoms with Crippen LogP contribution in [0.5, 0.6) is 0 Å². The quantitative estimate of drug-likeness (QED) is 0.152. The van der Waals surface area contributed by atoms with Crippen molar-refractivity contribution in [1.29, 1.82) is 0 Å². The number of hydrogen-bond donors (Lipinski definition) is 2. The second-order valence-electron chi connectivity index (χ2n) is 10.4. The second-order valence-corrected chi connectivity index (χ2v) is 10.4. The lowest BCUT2D eigenvalue weighted by Crippen LogP contribution is -2.24. The van der Waals surface area contributed by atoms with Gasteiger partial charge in [-0.3, -0.25) is 9.97 Å². The zero-order valence-corrected chi connectivity index (χ0v) is 26.1. The average molecular weight is 581 g/mol. The molecular formula is C35H43FN7+. The highest BCUT2D eigenvalue weighted by Gasteiger charge is 2.17. The van der Waals surface area contributed by atoms with Crippen LogP contribution in [0.3, 0.4) is 0 Å². The molecular weight excluding hydrogens is 537 g/mol. The summed E-state index contributed by atoms with van der Waals surface area (Å²) in [6.07, 6.45) is 8.68. The molecule has 1 aliphatic heterocycles. The summed E-state index contributed by atoms with van der Waals surface area (Å²) in [6.45, 7) is 14.4. The average Bonchev–Trinajstić information content (AvgIpc) is 3.05. The monoisotopic (exact) mass is 580 g/mol. The molecule has 5 rings (SSSR count). The first-order valence-electron chi connectivity index (χ1n) is 15.2. The van der Waals surface area contributed by atoms with Crippen molar-refractivity contribution in [1.82, 2.24) is 15.3 Å². The summed E-state index contributed by atoms with van der Waals surface area (Å²) < 4.78 is 16.0. The van der Waals surface area contributed by atoms with Crippen LogP contribution >= 0.6 is 0 Å². The predicted octanol–water partition coefficient (Wildman–Crippen LogP) is 7.33. The molecule has 7 nitrogen and oxygen atoms in total. The molecule has 3 heterocycles. The number of hydrogen-bond acceptors (Lipinski definition) is 6. The number of rotatable bonds is 10. The van der Waals surface area contributed by atoms with E-state index in [1.807, 2.05) is 32.0 Å². The van der Waals surface area contributed by atoms with Crippen molar-refractivity contribution in [2.75, 3.05) is 18.4 Å². The topological polar surface area (TPSA) is 77.6 Å². The van der Waals surface area contributed by atoms with Crippen molar-refractivity contribution in [2.24, 2.45) is 9.98 Å². The molecule has 4 aromatic rings. The van der Waals surface area contributed by atoms with E-state index < -0.39 is 6.29 Å². The van der Waals surface area contributed by atoms with Crippen molar-refractivity contribution >= 4 is 35.5 Å². The summed E-state index contributed by atoms with van der Waals surface area (Å²) in [5, 5.41) is 7.31. The summed E-state index contributed by atoms with van der Waals surface area (Å²) in [4.78, 5) is 18.4. The third kappa shape index (κ3) is 7.89. The summed E-state index contributed by atoms with van der Waals surface area (Å²) in [5.41, 5.74) is 8.24. The van der Waals surface area contributed by atoms with Gasteiger partial charge >= 0.3 is 0 Å². The number of fused-ring (bicyclic) bond motifs is 1. The molecule has 0 amide bonds. The number of anilines is 1. The van der Waals surface area contributed by atoms with E-state index in [9.17, 15) is 4.39 Å². The van der Waals surface area contributed by atoms with Crippen molar-refractivity contribution in [3.8, 4) is 11.3 Å². The first-order chi connectivity index (χ1) is 20.9. The van der Waals surface area contributed by atoms with Crippen LogP contribution in [0.25, 0.3) is 22.2 Å². The number of benzene rings is 2. The number of pyridine rings is 2. The fraction of sp³-hybridized carbons (Fsp3) is 0.343. The van der Waals surface area contributed by atoms with Crippen LogP contribution in [0.1, 0.15) is 69.3 Å². The van der Waals surface area contributed by atoms with Crippen LogP contribution in [0, 0.1) is 12.7 Å². The Balaban J connectivity index is 0.00000207. The van der Waals surface area contributed by atoms with E-state index in [4.69, 9.17) is 4.98 Å². The van der Waals surface area contributed by atoms with Gasteiger partial charge in [-0.25, -0.2) is 19.0 Å².